The van der Waals surface area contributed by atoms with E-state index in [1.54, 1.807) is 0 Å². The van der Waals surface area contributed by atoms with Gasteiger partial charge in [0.15, 0.2) is 0 Å². The van der Waals surface area contributed by atoms with Gasteiger partial charge in [-0.25, -0.2) is 0 Å². The van der Waals surface area contributed by atoms with Gasteiger partial charge >= 0.3 is 0 Å². The van der Waals surface area contributed by atoms with E-state index in [1.807, 2.05) is 12.4 Å². The van der Waals surface area contributed by atoms with E-state index in [-0.39, 0.29) is 0 Å². The molecule has 0 spiro atoms. The first kappa shape index (κ1) is 11.1. The predicted octanol–water partition coefficient (Wildman–Crippen LogP) is 3.24. The number of aromatic nitrogens is 1. The van der Waals surface area contributed by atoms with Gasteiger partial charge in [0.25, 0.3) is 0 Å². The average molecular weight is 239 g/mol. The number of fused-ring (bicyclic) bond motifs is 1. The van der Waals surface area contributed by atoms with E-state index in [2.05, 4.69) is 59.9 Å². The number of nitrogens with zero attached hydrogens (tertiary/aromatic N) is 3. The van der Waals surface area contributed by atoms with Crippen molar-refractivity contribution in [1.82, 2.24) is 4.98 Å². The van der Waals surface area contributed by atoms with Crippen LogP contribution in [0.25, 0.3) is 0 Å². The summed E-state index contributed by atoms with van der Waals surface area (Å²) in [7, 11) is 2.10. The molecule has 3 heteroatoms. The van der Waals surface area contributed by atoms with E-state index in [9.17, 15) is 0 Å². The van der Waals surface area contributed by atoms with E-state index in [4.69, 9.17) is 0 Å². The van der Waals surface area contributed by atoms with E-state index < -0.39 is 0 Å². The Labute approximate surface area is 108 Å². The van der Waals surface area contributed by atoms with Gasteiger partial charge in [0.2, 0.25) is 0 Å². The van der Waals surface area contributed by atoms with Crippen molar-refractivity contribution in [2.75, 3.05) is 23.5 Å². The summed E-state index contributed by atoms with van der Waals surface area (Å²) in [5, 5.41) is 0. The second-order valence-corrected chi connectivity index (χ2v) is 4.85. The SMILES string of the molecule is Cc1cccc(N2CN(C)c3cnccc32)c1C. The molecule has 1 aromatic heterocycles. The minimum atomic E-state index is 0.880. The van der Waals surface area contributed by atoms with E-state index in [0.29, 0.717) is 0 Å². The first-order chi connectivity index (χ1) is 8.68. The van der Waals surface area contributed by atoms with Gasteiger partial charge in [-0.1, -0.05) is 12.1 Å². The molecular weight excluding hydrogens is 222 g/mol. The summed E-state index contributed by atoms with van der Waals surface area (Å²) < 4.78 is 0. The van der Waals surface area contributed by atoms with E-state index in [1.165, 1.54) is 28.2 Å². The van der Waals surface area contributed by atoms with Crippen molar-refractivity contribution in [2.24, 2.45) is 0 Å². The maximum absolute atomic E-state index is 4.21. The van der Waals surface area contributed by atoms with E-state index >= 15 is 0 Å². The fourth-order valence-corrected chi connectivity index (χ4v) is 2.50. The monoisotopic (exact) mass is 239 g/mol. The maximum Gasteiger partial charge on any atom is 0.0950 e. The van der Waals surface area contributed by atoms with Crippen LogP contribution in [-0.2, 0) is 0 Å². The van der Waals surface area contributed by atoms with E-state index in [0.717, 1.165) is 6.67 Å². The lowest BCUT2D eigenvalue weighted by Gasteiger charge is -2.22. The molecule has 1 aliphatic rings. The highest BCUT2D eigenvalue weighted by Crippen LogP contribution is 2.40. The zero-order chi connectivity index (χ0) is 12.7. The highest BCUT2D eigenvalue weighted by Gasteiger charge is 2.25. The van der Waals surface area contributed by atoms with Gasteiger partial charge in [-0.15, -0.1) is 0 Å². The number of benzene rings is 1. The number of rotatable bonds is 1. The number of pyridine rings is 1. The molecule has 0 aliphatic carbocycles. The van der Waals surface area contributed by atoms with Gasteiger partial charge in [-0.05, 0) is 37.1 Å². The molecule has 92 valence electrons. The van der Waals surface area contributed by atoms with Gasteiger partial charge < -0.3 is 9.80 Å². The summed E-state index contributed by atoms with van der Waals surface area (Å²) in [6.07, 6.45) is 3.79. The lowest BCUT2D eigenvalue weighted by atomic mass is 10.1. The van der Waals surface area contributed by atoms with Crippen molar-refractivity contribution in [3.8, 4) is 0 Å². The van der Waals surface area contributed by atoms with Gasteiger partial charge in [-0.3, -0.25) is 4.98 Å². The Balaban J connectivity index is 2.12. The molecule has 1 aromatic carbocycles. The van der Waals surface area contributed by atoms with Crippen molar-refractivity contribution in [1.29, 1.82) is 0 Å². The third kappa shape index (κ3) is 1.55. The normalized spacial score (nSPS) is 13.9. The fourth-order valence-electron chi connectivity index (χ4n) is 2.50. The molecule has 0 unspecified atom stereocenters. The van der Waals surface area contributed by atoms with Crippen LogP contribution in [0.4, 0.5) is 17.1 Å². The Morgan fingerprint density at radius 1 is 1.06 bits per heavy atom. The first-order valence-electron chi connectivity index (χ1n) is 6.17. The molecule has 2 heterocycles. The Bertz CT molecular complexity index is 592. The highest BCUT2D eigenvalue weighted by atomic mass is 15.4. The molecule has 0 bridgehead atoms. The minimum Gasteiger partial charge on any atom is -0.354 e. The smallest absolute Gasteiger partial charge is 0.0950 e. The van der Waals surface area contributed by atoms with Crippen molar-refractivity contribution in [3.63, 3.8) is 0 Å². The number of hydrogen-bond donors (Lipinski definition) is 0. The molecule has 0 radical (unpaired) electrons. The second kappa shape index (κ2) is 4.02. The zero-order valence-electron chi connectivity index (χ0n) is 11.0. The third-order valence-corrected chi connectivity index (χ3v) is 3.70. The lowest BCUT2D eigenvalue weighted by Crippen LogP contribution is -2.24. The van der Waals surface area contributed by atoms with Gasteiger partial charge in [0.1, 0.15) is 0 Å². The van der Waals surface area contributed by atoms with Crippen LogP contribution in [-0.4, -0.2) is 18.7 Å². The number of hydrogen-bond acceptors (Lipinski definition) is 3. The summed E-state index contributed by atoms with van der Waals surface area (Å²) in [5.41, 5.74) is 6.39. The van der Waals surface area contributed by atoms with Crippen LogP contribution in [0.2, 0.25) is 0 Å². The molecule has 3 nitrogen and oxygen atoms in total. The highest BCUT2D eigenvalue weighted by molar-refractivity contribution is 5.82. The molecule has 0 saturated heterocycles. The number of anilines is 3. The quantitative estimate of drug-likeness (QED) is 0.761. The van der Waals surface area contributed by atoms with Crippen LogP contribution in [0.1, 0.15) is 11.1 Å². The molecule has 1 aliphatic heterocycles. The van der Waals surface area contributed by atoms with Crippen LogP contribution in [0.5, 0.6) is 0 Å². The maximum atomic E-state index is 4.21. The van der Waals surface area contributed by atoms with Crippen LogP contribution in [0.3, 0.4) is 0 Å². The zero-order valence-corrected chi connectivity index (χ0v) is 11.0. The number of aryl methyl sites for hydroxylation is 1. The summed E-state index contributed by atoms with van der Waals surface area (Å²) in [6.45, 7) is 5.22. The van der Waals surface area contributed by atoms with Crippen LogP contribution < -0.4 is 9.80 Å². The molecule has 18 heavy (non-hydrogen) atoms. The van der Waals surface area contributed by atoms with Crippen LogP contribution >= 0.6 is 0 Å². The lowest BCUT2D eigenvalue weighted by molar-refractivity contribution is 0.944. The summed E-state index contributed by atoms with van der Waals surface area (Å²) in [6, 6.07) is 8.55. The van der Waals surface area contributed by atoms with Gasteiger partial charge in [0.05, 0.1) is 24.2 Å². The fraction of sp³-hybridized carbons (Fsp3) is 0.267. The molecule has 0 fully saturated rings. The van der Waals surface area contributed by atoms with Gasteiger partial charge in [0, 0.05) is 18.9 Å². The van der Waals surface area contributed by atoms with Crippen molar-refractivity contribution in [3.05, 3.63) is 47.8 Å². The molecule has 2 aromatic rings. The molecule has 0 atom stereocenters. The van der Waals surface area contributed by atoms with Gasteiger partial charge in [-0.2, -0.15) is 0 Å². The molecule has 0 saturated carbocycles. The molecule has 0 amide bonds. The summed E-state index contributed by atoms with van der Waals surface area (Å²) in [4.78, 5) is 8.78. The molecular formula is C15H17N3. The minimum absolute atomic E-state index is 0.880. The van der Waals surface area contributed by atoms with Crippen molar-refractivity contribution >= 4 is 17.1 Å². The summed E-state index contributed by atoms with van der Waals surface area (Å²) >= 11 is 0. The third-order valence-electron chi connectivity index (χ3n) is 3.70. The van der Waals surface area contributed by atoms with Crippen LogP contribution in [0, 0.1) is 13.8 Å². The average Bonchev–Trinajstić information content (AvgIpc) is 2.71. The summed E-state index contributed by atoms with van der Waals surface area (Å²) in [5.74, 6) is 0. The largest absolute Gasteiger partial charge is 0.354 e. The van der Waals surface area contributed by atoms with Crippen molar-refractivity contribution in [2.45, 2.75) is 13.8 Å². The topological polar surface area (TPSA) is 19.4 Å². The Kier molecular flexibility index (Phi) is 2.47. The van der Waals surface area contributed by atoms with Crippen molar-refractivity contribution < 1.29 is 0 Å². The second-order valence-electron chi connectivity index (χ2n) is 4.85. The predicted molar refractivity (Wildman–Crippen MR) is 75.6 cm³/mol. The Morgan fingerprint density at radius 3 is 2.72 bits per heavy atom. The Hall–Kier alpha value is -2.03. The Morgan fingerprint density at radius 2 is 1.89 bits per heavy atom. The standard InChI is InChI=1S/C15H17N3/c1-11-5-4-6-13(12(11)2)18-10-17(3)15-9-16-8-7-14(15)18/h4-9H,10H2,1-3H3. The molecule has 3 rings (SSSR count). The van der Waals surface area contributed by atoms with Crippen LogP contribution in [0.15, 0.2) is 36.7 Å². The first-order valence-corrected chi connectivity index (χ1v) is 6.17. The molecule has 0 N–H and O–H groups in total.